The monoisotopic (exact) mass is 335 g/mol. The number of rotatable bonds is 6. The van der Waals surface area contributed by atoms with Crippen LogP contribution in [0.2, 0.25) is 0 Å². The smallest absolute Gasteiger partial charge is 0.308 e. The molecular formula is C17H21NO6. The number of carboxylic acid groups (broad SMARTS) is 1. The van der Waals surface area contributed by atoms with Gasteiger partial charge in [0.05, 0.1) is 19.6 Å². The number of benzene rings is 1. The second-order valence-corrected chi connectivity index (χ2v) is 5.73. The number of hydrogen-bond acceptors (Lipinski definition) is 5. The number of esters is 1. The van der Waals surface area contributed by atoms with Crippen molar-refractivity contribution in [3.05, 3.63) is 35.9 Å². The van der Waals surface area contributed by atoms with Gasteiger partial charge in [0.25, 0.3) is 5.91 Å². The van der Waals surface area contributed by atoms with Gasteiger partial charge in [0.15, 0.2) is 0 Å². The second-order valence-electron chi connectivity index (χ2n) is 5.73. The van der Waals surface area contributed by atoms with Crippen LogP contribution in [0.1, 0.15) is 18.9 Å². The Kier molecular flexibility index (Phi) is 5.92. The second kappa shape index (κ2) is 7.92. The zero-order chi connectivity index (χ0) is 17.6. The van der Waals surface area contributed by atoms with Gasteiger partial charge in [-0.15, -0.1) is 0 Å². The molecule has 1 aromatic carbocycles. The normalized spacial score (nSPS) is 17.0. The molecule has 1 aliphatic rings. The van der Waals surface area contributed by atoms with E-state index in [2.05, 4.69) is 0 Å². The van der Waals surface area contributed by atoms with Gasteiger partial charge < -0.3 is 19.5 Å². The Balaban J connectivity index is 2.37. The summed E-state index contributed by atoms with van der Waals surface area (Å²) in [5.41, 5.74) is -1.03. The largest absolute Gasteiger partial charge is 0.481 e. The van der Waals surface area contributed by atoms with Crippen LogP contribution < -0.4 is 0 Å². The van der Waals surface area contributed by atoms with Crippen molar-refractivity contribution < 1.29 is 29.0 Å². The van der Waals surface area contributed by atoms with Crippen LogP contribution in [0.15, 0.2) is 30.3 Å². The molecule has 1 saturated heterocycles. The van der Waals surface area contributed by atoms with E-state index in [1.165, 1.54) is 11.8 Å². The summed E-state index contributed by atoms with van der Waals surface area (Å²) in [5.74, 6) is -2.38. The van der Waals surface area contributed by atoms with Gasteiger partial charge in [0, 0.05) is 26.4 Å². The summed E-state index contributed by atoms with van der Waals surface area (Å²) in [6, 6.07) is 8.93. The average molecular weight is 335 g/mol. The Morgan fingerprint density at radius 2 is 1.83 bits per heavy atom. The molecule has 1 aliphatic heterocycles. The first-order valence-electron chi connectivity index (χ1n) is 7.75. The third-order valence-electron chi connectivity index (χ3n) is 3.80. The van der Waals surface area contributed by atoms with Gasteiger partial charge in [-0.25, -0.2) is 0 Å². The van der Waals surface area contributed by atoms with E-state index in [4.69, 9.17) is 9.47 Å². The maximum atomic E-state index is 13.0. The first-order chi connectivity index (χ1) is 11.4. The first kappa shape index (κ1) is 17.9. The first-order valence-corrected chi connectivity index (χ1v) is 7.75. The molecule has 1 fully saturated rings. The summed E-state index contributed by atoms with van der Waals surface area (Å²) in [6.07, 6.45) is -0.576. The van der Waals surface area contributed by atoms with Crippen molar-refractivity contribution in [1.82, 2.24) is 4.90 Å². The number of carbonyl (C=O) groups is 3. The molecule has 0 aliphatic carbocycles. The van der Waals surface area contributed by atoms with Crippen LogP contribution in [-0.4, -0.2) is 59.8 Å². The number of ether oxygens (including phenoxy) is 2. The number of amides is 1. The molecular weight excluding hydrogens is 314 g/mol. The van der Waals surface area contributed by atoms with Crippen molar-refractivity contribution in [3.63, 3.8) is 0 Å². The third-order valence-corrected chi connectivity index (χ3v) is 3.80. The molecule has 0 spiro atoms. The quantitative estimate of drug-likeness (QED) is 0.775. The van der Waals surface area contributed by atoms with Crippen molar-refractivity contribution in [2.24, 2.45) is 0 Å². The van der Waals surface area contributed by atoms with Crippen molar-refractivity contribution >= 4 is 17.8 Å². The van der Waals surface area contributed by atoms with Gasteiger partial charge in [0.2, 0.25) is 5.60 Å². The Morgan fingerprint density at radius 1 is 1.21 bits per heavy atom. The molecule has 1 aromatic rings. The molecule has 0 radical (unpaired) electrons. The molecule has 7 nitrogen and oxygen atoms in total. The molecule has 1 amide bonds. The summed E-state index contributed by atoms with van der Waals surface area (Å²) in [6.45, 7) is 2.61. The van der Waals surface area contributed by atoms with Gasteiger partial charge in [-0.2, -0.15) is 0 Å². The highest BCUT2D eigenvalue weighted by atomic mass is 16.6. The molecule has 7 heteroatoms. The zero-order valence-electron chi connectivity index (χ0n) is 13.6. The summed E-state index contributed by atoms with van der Waals surface area (Å²) >= 11 is 0. The van der Waals surface area contributed by atoms with Crippen LogP contribution in [0.4, 0.5) is 0 Å². The van der Waals surface area contributed by atoms with Gasteiger partial charge >= 0.3 is 11.9 Å². The van der Waals surface area contributed by atoms with Crippen LogP contribution in [0.3, 0.4) is 0 Å². The van der Waals surface area contributed by atoms with Gasteiger partial charge in [-0.1, -0.05) is 30.3 Å². The Hall–Kier alpha value is -2.41. The minimum Gasteiger partial charge on any atom is -0.481 e. The van der Waals surface area contributed by atoms with E-state index in [-0.39, 0.29) is 6.42 Å². The topological polar surface area (TPSA) is 93.1 Å². The summed E-state index contributed by atoms with van der Waals surface area (Å²) < 4.78 is 10.5. The zero-order valence-corrected chi connectivity index (χ0v) is 13.6. The summed E-state index contributed by atoms with van der Waals surface area (Å²) in [7, 11) is 0. The van der Waals surface area contributed by atoms with E-state index < -0.39 is 29.9 Å². The van der Waals surface area contributed by atoms with Crippen molar-refractivity contribution in [2.75, 3.05) is 26.3 Å². The summed E-state index contributed by atoms with van der Waals surface area (Å²) in [5, 5.41) is 9.30. The van der Waals surface area contributed by atoms with Crippen LogP contribution in [0.5, 0.6) is 0 Å². The lowest BCUT2D eigenvalue weighted by atomic mass is 9.89. The number of nitrogens with zero attached hydrogens (tertiary/aromatic N) is 1. The number of hydrogen-bond donors (Lipinski definition) is 1. The molecule has 1 N–H and O–H groups in total. The molecule has 2 rings (SSSR count). The Morgan fingerprint density at radius 3 is 2.38 bits per heavy atom. The fourth-order valence-electron chi connectivity index (χ4n) is 2.83. The lowest BCUT2D eigenvalue weighted by Crippen LogP contribution is -2.56. The van der Waals surface area contributed by atoms with Crippen molar-refractivity contribution in [1.29, 1.82) is 0 Å². The fraction of sp³-hybridized carbons (Fsp3) is 0.471. The number of aliphatic carboxylic acids is 1. The standard InChI is InChI=1S/C17H21NO6/c1-13(19)24-17(12-15(20)21,11-14-5-3-2-4-6-14)16(22)18-7-9-23-10-8-18/h2-6H,7-12H2,1H3,(H,20,21)/t17-/m0/s1. The van der Waals surface area contributed by atoms with Crippen molar-refractivity contribution in [2.45, 2.75) is 25.4 Å². The highest BCUT2D eigenvalue weighted by molar-refractivity contribution is 5.92. The highest BCUT2D eigenvalue weighted by Crippen LogP contribution is 2.26. The molecule has 24 heavy (non-hydrogen) atoms. The number of carbonyl (C=O) groups excluding carboxylic acids is 2. The predicted octanol–water partition coefficient (Wildman–Crippen LogP) is 0.865. The van der Waals surface area contributed by atoms with E-state index in [1.54, 1.807) is 24.3 Å². The molecule has 0 aromatic heterocycles. The Bertz CT molecular complexity index is 578. The lowest BCUT2D eigenvalue weighted by molar-refractivity contribution is -0.179. The number of morpholine rings is 1. The highest BCUT2D eigenvalue weighted by Gasteiger charge is 2.46. The van der Waals surface area contributed by atoms with E-state index >= 15 is 0 Å². The van der Waals surface area contributed by atoms with E-state index in [1.807, 2.05) is 6.07 Å². The minimum absolute atomic E-state index is 0.00983. The molecule has 1 heterocycles. The molecule has 0 saturated carbocycles. The summed E-state index contributed by atoms with van der Waals surface area (Å²) in [4.78, 5) is 37.5. The van der Waals surface area contributed by atoms with Gasteiger partial charge in [-0.05, 0) is 5.56 Å². The average Bonchev–Trinajstić information content (AvgIpc) is 2.54. The Labute approximate surface area is 140 Å². The van der Waals surface area contributed by atoms with Gasteiger partial charge in [0.1, 0.15) is 0 Å². The third kappa shape index (κ3) is 4.55. The number of carboxylic acids is 1. The maximum absolute atomic E-state index is 13.0. The molecule has 0 bridgehead atoms. The van der Waals surface area contributed by atoms with Gasteiger partial charge in [-0.3, -0.25) is 14.4 Å². The van der Waals surface area contributed by atoms with E-state index in [0.717, 1.165) is 5.56 Å². The van der Waals surface area contributed by atoms with Crippen LogP contribution in [0, 0.1) is 0 Å². The van der Waals surface area contributed by atoms with Crippen LogP contribution in [0.25, 0.3) is 0 Å². The molecule has 0 unspecified atom stereocenters. The van der Waals surface area contributed by atoms with Crippen LogP contribution >= 0.6 is 0 Å². The predicted molar refractivity (Wildman–Crippen MR) is 84.3 cm³/mol. The SMILES string of the molecule is CC(=O)O[C@](CC(=O)O)(Cc1ccccc1)C(=O)N1CCOCC1. The lowest BCUT2D eigenvalue weighted by Gasteiger charge is -2.37. The van der Waals surface area contributed by atoms with E-state index in [0.29, 0.717) is 26.3 Å². The minimum atomic E-state index is -1.75. The van der Waals surface area contributed by atoms with Crippen molar-refractivity contribution in [3.8, 4) is 0 Å². The maximum Gasteiger partial charge on any atom is 0.308 e. The fourth-order valence-corrected chi connectivity index (χ4v) is 2.83. The van der Waals surface area contributed by atoms with Crippen LogP contribution in [-0.2, 0) is 30.3 Å². The molecule has 1 atom stereocenters. The molecule has 130 valence electrons. The van der Waals surface area contributed by atoms with E-state index in [9.17, 15) is 19.5 Å².